The van der Waals surface area contributed by atoms with E-state index in [1.165, 1.54) is 18.4 Å². The van der Waals surface area contributed by atoms with Crippen molar-refractivity contribution in [2.45, 2.75) is 6.42 Å². The second-order valence-corrected chi connectivity index (χ2v) is 4.45. The summed E-state index contributed by atoms with van der Waals surface area (Å²) in [6.45, 7) is 1.09. The largest absolute Gasteiger partial charge is 0.469 e. The molecule has 0 spiro atoms. The van der Waals surface area contributed by atoms with E-state index in [-0.39, 0.29) is 24.8 Å². The van der Waals surface area contributed by atoms with Gasteiger partial charge < -0.3 is 20.1 Å². The van der Waals surface area contributed by atoms with Gasteiger partial charge in [0.25, 0.3) is 0 Å². The first-order chi connectivity index (χ1) is 9.15. The molecular formula is C11H17N3O4S. The summed E-state index contributed by atoms with van der Waals surface area (Å²) < 4.78 is 9.36. The number of thiazole rings is 1. The molecule has 0 saturated carbocycles. The molecule has 0 aromatic carbocycles. The molecule has 1 aromatic heterocycles. The fourth-order valence-electron chi connectivity index (χ4n) is 1.20. The molecule has 1 rings (SSSR count). The summed E-state index contributed by atoms with van der Waals surface area (Å²) in [5.41, 5.74) is 0.624. The molecule has 106 valence electrons. The lowest BCUT2D eigenvalue weighted by atomic mass is 10.3. The van der Waals surface area contributed by atoms with Crippen LogP contribution in [0.1, 0.15) is 5.69 Å². The van der Waals surface area contributed by atoms with E-state index in [4.69, 9.17) is 4.74 Å². The highest BCUT2D eigenvalue weighted by atomic mass is 32.1. The molecule has 0 aliphatic heterocycles. The Morgan fingerprint density at radius 3 is 2.89 bits per heavy atom. The smallest absolute Gasteiger partial charge is 0.311 e. The van der Waals surface area contributed by atoms with Gasteiger partial charge in [0.2, 0.25) is 5.91 Å². The molecule has 1 amide bonds. The number of hydrogen-bond acceptors (Lipinski definition) is 7. The molecule has 2 N–H and O–H groups in total. The number of methoxy groups -OCH3 is 2. The highest BCUT2D eigenvalue weighted by Gasteiger charge is 2.08. The maximum atomic E-state index is 11.4. The molecule has 0 atom stereocenters. The summed E-state index contributed by atoms with van der Waals surface area (Å²) in [5.74, 6) is -0.476. The van der Waals surface area contributed by atoms with Crippen molar-refractivity contribution in [3.63, 3.8) is 0 Å². The van der Waals surface area contributed by atoms with Crippen LogP contribution in [-0.4, -0.2) is 50.8 Å². The summed E-state index contributed by atoms with van der Waals surface area (Å²) in [6, 6.07) is 0. The Labute approximate surface area is 115 Å². The van der Waals surface area contributed by atoms with Gasteiger partial charge in [0, 0.05) is 19.0 Å². The second-order valence-electron chi connectivity index (χ2n) is 3.59. The molecule has 0 radical (unpaired) electrons. The zero-order valence-electron chi connectivity index (χ0n) is 10.9. The molecule has 8 heteroatoms. The number of carbonyl (C=O) groups is 2. The minimum absolute atomic E-state index is 0.134. The topological polar surface area (TPSA) is 89.5 Å². The molecule has 0 aliphatic rings. The van der Waals surface area contributed by atoms with Crippen LogP contribution in [0.5, 0.6) is 0 Å². The number of rotatable bonds is 8. The van der Waals surface area contributed by atoms with Crippen LogP contribution in [-0.2, 0) is 25.5 Å². The quantitative estimate of drug-likeness (QED) is 0.518. The lowest BCUT2D eigenvalue weighted by Gasteiger charge is -2.04. The Balaban J connectivity index is 2.29. The summed E-state index contributed by atoms with van der Waals surface area (Å²) >= 11 is 1.34. The average molecular weight is 287 g/mol. The van der Waals surface area contributed by atoms with Crippen molar-refractivity contribution in [1.29, 1.82) is 0 Å². The third kappa shape index (κ3) is 6.16. The molecule has 0 bridgehead atoms. The van der Waals surface area contributed by atoms with Crippen LogP contribution in [0, 0.1) is 0 Å². The molecule has 0 fully saturated rings. The van der Waals surface area contributed by atoms with Crippen molar-refractivity contribution >= 4 is 28.3 Å². The summed E-state index contributed by atoms with van der Waals surface area (Å²) in [6.07, 6.45) is 0.134. The Hall–Kier alpha value is -1.67. The van der Waals surface area contributed by atoms with Gasteiger partial charge in [-0.1, -0.05) is 0 Å². The zero-order valence-corrected chi connectivity index (χ0v) is 11.7. The van der Waals surface area contributed by atoms with E-state index in [2.05, 4.69) is 20.4 Å². The van der Waals surface area contributed by atoms with E-state index >= 15 is 0 Å². The zero-order chi connectivity index (χ0) is 14.1. The lowest BCUT2D eigenvalue weighted by Crippen LogP contribution is -2.32. The van der Waals surface area contributed by atoms with Crippen molar-refractivity contribution < 1.29 is 19.1 Å². The maximum Gasteiger partial charge on any atom is 0.311 e. The van der Waals surface area contributed by atoms with E-state index in [1.807, 2.05) is 0 Å². The molecule has 1 heterocycles. The number of nitrogens with zero attached hydrogens (tertiary/aromatic N) is 1. The van der Waals surface area contributed by atoms with E-state index in [0.717, 1.165) is 0 Å². The lowest BCUT2D eigenvalue weighted by molar-refractivity contribution is -0.139. The van der Waals surface area contributed by atoms with Gasteiger partial charge in [-0.2, -0.15) is 0 Å². The number of amides is 1. The molecule has 1 aromatic rings. The molecule has 7 nitrogen and oxygen atoms in total. The van der Waals surface area contributed by atoms with Gasteiger partial charge in [-0.3, -0.25) is 9.59 Å². The minimum Gasteiger partial charge on any atom is -0.469 e. The number of anilines is 1. The summed E-state index contributed by atoms with van der Waals surface area (Å²) in [7, 11) is 2.90. The predicted octanol–water partition coefficient (Wildman–Crippen LogP) is 0.0331. The standard InChI is InChI=1S/C11H17N3O4S/c1-17-4-3-12-9(15)6-13-11-14-8(7-19-11)5-10(16)18-2/h7H,3-6H2,1-2H3,(H,12,15)(H,13,14). The summed E-state index contributed by atoms with van der Waals surface area (Å²) in [4.78, 5) is 26.6. The van der Waals surface area contributed by atoms with Crippen LogP contribution in [0.4, 0.5) is 5.13 Å². The first-order valence-electron chi connectivity index (χ1n) is 5.66. The highest BCUT2D eigenvalue weighted by molar-refractivity contribution is 7.13. The average Bonchev–Trinajstić information content (AvgIpc) is 2.84. The van der Waals surface area contributed by atoms with Gasteiger partial charge in [0.05, 0.1) is 32.4 Å². The Morgan fingerprint density at radius 2 is 2.21 bits per heavy atom. The second kappa shape index (κ2) is 8.44. The monoisotopic (exact) mass is 287 g/mol. The number of ether oxygens (including phenoxy) is 2. The summed E-state index contributed by atoms with van der Waals surface area (Å²) in [5, 5.41) is 7.91. The van der Waals surface area contributed by atoms with E-state index < -0.39 is 0 Å². The third-order valence-electron chi connectivity index (χ3n) is 2.13. The predicted molar refractivity (Wildman–Crippen MR) is 71.2 cm³/mol. The number of aromatic nitrogens is 1. The van der Waals surface area contributed by atoms with Gasteiger partial charge in [-0.05, 0) is 0 Å². The van der Waals surface area contributed by atoms with Crippen LogP contribution in [0.2, 0.25) is 0 Å². The van der Waals surface area contributed by atoms with Gasteiger partial charge in [-0.25, -0.2) is 4.98 Å². The fourth-order valence-corrected chi connectivity index (χ4v) is 1.91. The maximum absolute atomic E-state index is 11.4. The number of esters is 1. The van der Waals surface area contributed by atoms with Gasteiger partial charge in [-0.15, -0.1) is 11.3 Å². The normalized spacial score (nSPS) is 10.0. The molecule has 0 aliphatic carbocycles. The molecule has 19 heavy (non-hydrogen) atoms. The third-order valence-corrected chi connectivity index (χ3v) is 2.98. The van der Waals surface area contributed by atoms with Crippen LogP contribution >= 0.6 is 11.3 Å². The van der Waals surface area contributed by atoms with Gasteiger partial charge in [0.1, 0.15) is 0 Å². The molecular weight excluding hydrogens is 270 g/mol. The molecule has 0 unspecified atom stereocenters. The van der Waals surface area contributed by atoms with Crippen LogP contribution in [0.15, 0.2) is 5.38 Å². The number of nitrogens with one attached hydrogen (secondary N) is 2. The van der Waals surface area contributed by atoms with Crippen LogP contribution in [0.25, 0.3) is 0 Å². The van der Waals surface area contributed by atoms with Crippen LogP contribution in [0.3, 0.4) is 0 Å². The fraction of sp³-hybridized carbons (Fsp3) is 0.545. The van der Waals surface area contributed by atoms with Gasteiger partial charge >= 0.3 is 5.97 Å². The highest BCUT2D eigenvalue weighted by Crippen LogP contribution is 2.15. The van der Waals surface area contributed by atoms with Crippen molar-refractivity contribution in [3.8, 4) is 0 Å². The SMILES string of the molecule is COCCNC(=O)CNc1nc(CC(=O)OC)cs1. The Morgan fingerprint density at radius 1 is 1.42 bits per heavy atom. The van der Waals surface area contributed by atoms with E-state index in [1.54, 1.807) is 12.5 Å². The van der Waals surface area contributed by atoms with E-state index in [0.29, 0.717) is 24.0 Å². The Bertz CT molecular complexity index is 422. The first-order valence-corrected chi connectivity index (χ1v) is 6.54. The Kier molecular flexibility index (Phi) is 6.83. The first kappa shape index (κ1) is 15.4. The van der Waals surface area contributed by atoms with Gasteiger partial charge in [0.15, 0.2) is 5.13 Å². The minimum atomic E-state index is -0.339. The molecule has 0 saturated heterocycles. The van der Waals surface area contributed by atoms with Crippen LogP contribution < -0.4 is 10.6 Å². The van der Waals surface area contributed by atoms with Crippen molar-refractivity contribution in [3.05, 3.63) is 11.1 Å². The number of hydrogen-bond donors (Lipinski definition) is 2. The van der Waals surface area contributed by atoms with Crippen molar-refractivity contribution in [2.75, 3.05) is 39.2 Å². The van der Waals surface area contributed by atoms with Crippen molar-refractivity contribution in [1.82, 2.24) is 10.3 Å². The van der Waals surface area contributed by atoms with E-state index in [9.17, 15) is 9.59 Å². The van der Waals surface area contributed by atoms with Crippen molar-refractivity contribution in [2.24, 2.45) is 0 Å². The number of carbonyl (C=O) groups excluding carboxylic acids is 2.